The fraction of sp³-hybridized carbons (Fsp3) is 0.818. The van der Waals surface area contributed by atoms with Crippen LogP contribution in [-0.2, 0) is 99.8 Å². The number of rotatable bonds is 0. The van der Waals surface area contributed by atoms with E-state index in [2.05, 4.69) is 0 Å². The second-order valence-corrected chi connectivity index (χ2v) is 10.4. The lowest BCUT2D eigenvalue weighted by Gasteiger charge is -2.09. The first-order valence-electron chi connectivity index (χ1n) is 17.5. The second kappa shape index (κ2) is 36.4. The molecular weight excluding hydrogens is 732 g/mol. The van der Waals surface area contributed by atoms with Crippen molar-refractivity contribution in [2.75, 3.05) is 159 Å². The number of esters is 6. The molecule has 54 heavy (non-hydrogen) atoms. The lowest BCUT2D eigenvalue weighted by Crippen LogP contribution is -2.19. The summed E-state index contributed by atoms with van der Waals surface area (Å²) in [5.41, 5.74) is 0. The molecule has 0 spiro atoms. The molecule has 0 aromatic rings. The van der Waals surface area contributed by atoms with E-state index in [1.54, 1.807) is 0 Å². The minimum atomic E-state index is -0.753. The molecule has 1 aliphatic heterocycles. The molecule has 0 atom stereocenters. The summed E-state index contributed by atoms with van der Waals surface area (Å²) in [7, 11) is 0. The highest BCUT2D eigenvalue weighted by Gasteiger charge is 2.14. The largest absolute Gasteiger partial charge is 0.463 e. The maximum atomic E-state index is 11.8. The van der Waals surface area contributed by atoms with Gasteiger partial charge in [-0.15, -0.1) is 0 Å². The quantitative estimate of drug-likeness (QED) is 0.155. The van der Waals surface area contributed by atoms with Crippen LogP contribution in [0.2, 0.25) is 0 Å². The van der Waals surface area contributed by atoms with Crippen LogP contribution in [0.5, 0.6) is 0 Å². The van der Waals surface area contributed by atoms with Gasteiger partial charge in [-0.3, -0.25) is 28.8 Å². The Hall–Kier alpha value is -3.54. The molecule has 0 radical (unpaired) electrons. The average molecular weight is 787 g/mol. The van der Waals surface area contributed by atoms with Gasteiger partial charge in [-0.2, -0.15) is 0 Å². The van der Waals surface area contributed by atoms with E-state index in [-0.39, 0.29) is 159 Å². The minimum absolute atomic E-state index is 0.0493. The highest BCUT2D eigenvalue weighted by atomic mass is 16.6. The molecule has 0 aromatic carbocycles. The third-order valence-electron chi connectivity index (χ3n) is 6.04. The number of ether oxygens (including phenoxy) is 15. The van der Waals surface area contributed by atoms with Crippen LogP contribution < -0.4 is 0 Å². The van der Waals surface area contributed by atoms with Crippen molar-refractivity contribution in [2.24, 2.45) is 0 Å². The Balaban J connectivity index is 2.24. The number of hydrogen-bond acceptors (Lipinski definition) is 21. The van der Waals surface area contributed by atoms with Crippen molar-refractivity contribution < 1.29 is 99.8 Å². The highest BCUT2D eigenvalue weighted by Crippen LogP contribution is 1.96. The zero-order chi connectivity index (χ0) is 39.2. The molecule has 1 rings (SSSR count). The van der Waals surface area contributed by atoms with E-state index >= 15 is 0 Å². The van der Waals surface area contributed by atoms with Crippen molar-refractivity contribution in [2.45, 2.75) is 19.3 Å². The summed E-state index contributed by atoms with van der Waals surface area (Å²) in [6, 6.07) is 0. The predicted molar refractivity (Wildman–Crippen MR) is 177 cm³/mol. The van der Waals surface area contributed by atoms with Crippen molar-refractivity contribution >= 4 is 35.8 Å². The number of carbonyl (C=O) groups is 6. The van der Waals surface area contributed by atoms with E-state index in [0.29, 0.717) is 0 Å². The normalized spacial score (nSPS) is 22.0. The van der Waals surface area contributed by atoms with Gasteiger partial charge >= 0.3 is 35.8 Å². The summed E-state index contributed by atoms with van der Waals surface area (Å²) in [5, 5.41) is 0. The van der Waals surface area contributed by atoms with Crippen LogP contribution in [-0.4, -0.2) is 194 Å². The molecule has 1 heterocycles. The molecule has 0 saturated carbocycles. The van der Waals surface area contributed by atoms with Crippen LogP contribution in [0.25, 0.3) is 0 Å². The van der Waals surface area contributed by atoms with Gasteiger partial charge in [0.25, 0.3) is 0 Å². The average Bonchev–Trinajstić information content (AvgIpc) is 3.13. The van der Waals surface area contributed by atoms with Gasteiger partial charge in [0.15, 0.2) is 0 Å². The Labute approximate surface area is 313 Å². The fourth-order valence-electron chi connectivity index (χ4n) is 3.57. The zero-order valence-corrected chi connectivity index (χ0v) is 30.7. The molecular formula is C33H54O21. The van der Waals surface area contributed by atoms with Crippen LogP contribution in [0.3, 0.4) is 0 Å². The van der Waals surface area contributed by atoms with Gasteiger partial charge in [0.2, 0.25) is 0 Å². The van der Waals surface area contributed by atoms with Crippen LogP contribution in [0.1, 0.15) is 19.3 Å². The molecule has 21 heteroatoms. The molecule has 1 saturated heterocycles. The standard InChI is InChI=1S/C33H54O21/c34-28-25-29(35)51-21-15-45-9-3-41-5-11-47-17-23-53-32(38)27-33(39)54-24-18-48-12-6-42-4-10-46-16-22-52-31(37)26-30(36)50-20-14-44-8-2-40-1-7-43-13-19-49-28/h1-27H2. The Morgan fingerprint density at radius 1 is 0.185 bits per heavy atom. The number of carbonyl (C=O) groups excluding carboxylic acids is 6. The third kappa shape index (κ3) is 34.2. The molecule has 1 fully saturated rings. The Kier molecular flexibility index (Phi) is 32.7. The third-order valence-corrected chi connectivity index (χ3v) is 6.04. The monoisotopic (exact) mass is 786 g/mol. The maximum absolute atomic E-state index is 11.8. The van der Waals surface area contributed by atoms with Gasteiger partial charge in [-0.25, -0.2) is 0 Å². The first kappa shape index (κ1) is 48.5. The van der Waals surface area contributed by atoms with E-state index in [1.165, 1.54) is 0 Å². The van der Waals surface area contributed by atoms with Crippen molar-refractivity contribution in [1.29, 1.82) is 0 Å². The molecule has 1 aliphatic rings. The summed E-state index contributed by atoms with van der Waals surface area (Å²) in [6.45, 7) is 3.36. The summed E-state index contributed by atoms with van der Waals surface area (Å²) in [5.74, 6) is -4.52. The highest BCUT2D eigenvalue weighted by molar-refractivity contribution is 5.92. The van der Waals surface area contributed by atoms with Crippen molar-refractivity contribution in [3.05, 3.63) is 0 Å². The molecule has 312 valence electrons. The lowest BCUT2D eigenvalue weighted by molar-refractivity contribution is -0.158. The predicted octanol–water partition coefficient (Wildman–Crippen LogP) is -1.42. The molecule has 0 N–H and O–H groups in total. The van der Waals surface area contributed by atoms with Gasteiger partial charge in [0.1, 0.15) is 58.9 Å². The molecule has 21 nitrogen and oxygen atoms in total. The number of cyclic esters (lactones) is 6. The fourth-order valence-corrected chi connectivity index (χ4v) is 3.57. The molecule has 0 aromatic heterocycles. The Morgan fingerprint density at radius 2 is 0.296 bits per heavy atom. The van der Waals surface area contributed by atoms with Crippen molar-refractivity contribution in [3.8, 4) is 0 Å². The van der Waals surface area contributed by atoms with E-state index in [9.17, 15) is 28.8 Å². The summed E-state index contributed by atoms with van der Waals surface area (Å²) >= 11 is 0. The van der Waals surface area contributed by atoms with Gasteiger partial charge in [-0.05, 0) is 0 Å². The number of hydrogen-bond donors (Lipinski definition) is 0. The van der Waals surface area contributed by atoms with Gasteiger partial charge in [-0.1, -0.05) is 0 Å². The van der Waals surface area contributed by atoms with Crippen LogP contribution in [0.15, 0.2) is 0 Å². The molecule has 0 unspecified atom stereocenters. The SMILES string of the molecule is O=C1CC(=O)OCCOCCOCCOCCOC(=O)CC(=O)OCCOCCOCCOCCOC(=O)CC(=O)OCCOCCOCCOCCO1. The Morgan fingerprint density at radius 3 is 0.426 bits per heavy atom. The smallest absolute Gasteiger partial charge is 0.317 e. The minimum Gasteiger partial charge on any atom is -0.463 e. The van der Waals surface area contributed by atoms with Crippen LogP contribution in [0, 0.1) is 0 Å². The van der Waals surface area contributed by atoms with Crippen molar-refractivity contribution in [3.63, 3.8) is 0 Å². The summed E-state index contributed by atoms with van der Waals surface area (Å²) in [6.07, 6.45) is -1.65. The second-order valence-electron chi connectivity index (χ2n) is 10.4. The van der Waals surface area contributed by atoms with Gasteiger partial charge in [0, 0.05) is 0 Å². The zero-order valence-electron chi connectivity index (χ0n) is 30.7. The lowest BCUT2D eigenvalue weighted by atomic mass is 10.4. The van der Waals surface area contributed by atoms with Crippen LogP contribution in [0.4, 0.5) is 0 Å². The van der Waals surface area contributed by atoms with E-state index < -0.39 is 55.1 Å². The first-order chi connectivity index (χ1) is 26.4. The topological polar surface area (TPSA) is 241 Å². The van der Waals surface area contributed by atoms with E-state index in [1.807, 2.05) is 0 Å². The van der Waals surface area contributed by atoms with Gasteiger partial charge in [0.05, 0.1) is 119 Å². The maximum Gasteiger partial charge on any atom is 0.317 e. The summed E-state index contributed by atoms with van der Waals surface area (Å²) in [4.78, 5) is 70.5. The molecule has 0 amide bonds. The van der Waals surface area contributed by atoms with Crippen LogP contribution >= 0.6 is 0 Å². The summed E-state index contributed by atoms with van der Waals surface area (Å²) < 4.78 is 77.3. The Bertz CT molecular complexity index is 813. The van der Waals surface area contributed by atoms with E-state index in [4.69, 9.17) is 71.1 Å². The first-order valence-corrected chi connectivity index (χ1v) is 17.5. The molecule has 0 aliphatic carbocycles. The van der Waals surface area contributed by atoms with E-state index in [0.717, 1.165) is 0 Å². The molecule has 0 bridgehead atoms. The van der Waals surface area contributed by atoms with Crippen molar-refractivity contribution in [1.82, 2.24) is 0 Å². The van der Waals surface area contributed by atoms with Gasteiger partial charge < -0.3 is 71.1 Å².